The predicted octanol–water partition coefficient (Wildman–Crippen LogP) is 3.43. The summed E-state index contributed by atoms with van der Waals surface area (Å²) in [7, 11) is 0. The fraction of sp³-hybridized carbons (Fsp3) is 0.692. The van der Waals surface area contributed by atoms with Gasteiger partial charge in [-0.25, -0.2) is 0 Å². The fourth-order valence-electron chi connectivity index (χ4n) is 2.23. The molecule has 0 amide bonds. The predicted molar refractivity (Wildman–Crippen MR) is 78.6 cm³/mol. The molecule has 0 spiro atoms. The molecule has 2 heterocycles. The van der Waals surface area contributed by atoms with Crippen LogP contribution < -0.4 is 0 Å². The van der Waals surface area contributed by atoms with Crippen molar-refractivity contribution < 1.29 is 0 Å². The fourth-order valence-corrected chi connectivity index (χ4v) is 3.76. The minimum atomic E-state index is 0.318. The minimum Gasteiger partial charge on any atom is -0.296 e. The summed E-state index contributed by atoms with van der Waals surface area (Å²) in [5.74, 6) is 0. The molecule has 0 saturated carbocycles. The van der Waals surface area contributed by atoms with Crippen molar-refractivity contribution in [3.05, 3.63) is 20.8 Å². The van der Waals surface area contributed by atoms with Crippen molar-refractivity contribution in [1.29, 1.82) is 0 Å². The highest BCUT2D eigenvalue weighted by molar-refractivity contribution is 9.11. The van der Waals surface area contributed by atoms with Crippen molar-refractivity contribution >= 4 is 27.3 Å². The normalized spacial score (nSPS) is 19.8. The van der Waals surface area contributed by atoms with E-state index in [1.54, 1.807) is 0 Å². The first kappa shape index (κ1) is 13.5. The molecule has 96 valence electrons. The standard InChI is InChI=1S/C13H21BrN2S/c1-13(2,3)16-8-6-15(7-9-16)10-11-4-5-12(14)17-11/h4-5H,6-10H2,1-3H3. The summed E-state index contributed by atoms with van der Waals surface area (Å²) in [6, 6.07) is 4.37. The SMILES string of the molecule is CC(C)(C)N1CCN(Cc2ccc(Br)s2)CC1. The molecule has 2 nitrogen and oxygen atoms in total. The van der Waals surface area contributed by atoms with Crippen LogP contribution in [0.4, 0.5) is 0 Å². The largest absolute Gasteiger partial charge is 0.296 e. The first-order valence-corrected chi connectivity index (χ1v) is 7.78. The van der Waals surface area contributed by atoms with E-state index in [1.807, 2.05) is 11.3 Å². The molecule has 0 aromatic carbocycles. The molecule has 17 heavy (non-hydrogen) atoms. The lowest BCUT2D eigenvalue weighted by Crippen LogP contribution is -2.53. The molecular weight excluding hydrogens is 296 g/mol. The zero-order valence-electron chi connectivity index (χ0n) is 10.9. The molecule has 0 bridgehead atoms. The van der Waals surface area contributed by atoms with Gasteiger partial charge in [0, 0.05) is 43.1 Å². The van der Waals surface area contributed by atoms with Crippen LogP contribution in [0.3, 0.4) is 0 Å². The summed E-state index contributed by atoms with van der Waals surface area (Å²) in [6.45, 7) is 12.8. The molecule has 0 unspecified atom stereocenters. The lowest BCUT2D eigenvalue weighted by atomic mass is 10.1. The highest BCUT2D eigenvalue weighted by Crippen LogP contribution is 2.24. The number of thiophene rings is 1. The second-order valence-electron chi connectivity index (χ2n) is 5.64. The van der Waals surface area contributed by atoms with Crippen LogP contribution in [-0.2, 0) is 6.54 Å². The lowest BCUT2D eigenvalue weighted by molar-refractivity contribution is 0.0595. The summed E-state index contributed by atoms with van der Waals surface area (Å²) in [5, 5.41) is 0. The topological polar surface area (TPSA) is 6.48 Å². The number of hydrogen-bond acceptors (Lipinski definition) is 3. The molecule has 0 atom stereocenters. The van der Waals surface area contributed by atoms with Gasteiger partial charge < -0.3 is 0 Å². The van der Waals surface area contributed by atoms with E-state index in [2.05, 4.69) is 58.6 Å². The van der Waals surface area contributed by atoms with Crippen LogP contribution in [0.5, 0.6) is 0 Å². The molecule has 1 aromatic rings. The van der Waals surface area contributed by atoms with Crippen molar-refractivity contribution in [3.63, 3.8) is 0 Å². The lowest BCUT2D eigenvalue weighted by Gasteiger charge is -2.42. The van der Waals surface area contributed by atoms with E-state index >= 15 is 0 Å². The van der Waals surface area contributed by atoms with E-state index in [4.69, 9.17) is 0 Å². The number of nitrogens with zero attached hydrogens (tertiary/aromatic N) is 2. The Hall–Kier alpha value is 0.1000. The molecular formula is C13H21BrN2S. The van der Waals surface area contributed by atoms with Crippen LogP contribution in [0, 0.1) is 0 Å². The second kappa shape index (κ2) is 5.39. The molecule has 1 aromatic heterocycles. The third-order valence-corrected chi connectivity index (χ3v) is 4.94. The first-order valence-electron chi connectivity index (χ1n) is 6.17. The Balaban J connectivity index is 1.83. The quantitative estimate of drug-likeness (QED) is 0.824. The Kier molecular flexibility index (Phi) is 4.29. The Labute approximate surface area is 117 Å². The third kappa shape index (κ3) is 3.78. The van der Waals surface area contributed by atoms with E-state index in [1.165, 1.54) is 34.8 Å². The average molecular weight is 317 g/mol. The average Bonchev–Trinajstić information content (AvgIpc) is 2.63. The Bertz CT molecular complexity index is 362. The maximum Gasteiger partial charge on any atom is 0.0701 e. The van der Waals surface area contributed by atoms with Gasteiger partial charge >= 0.3 is 0 Å². The van der Waals surface area contributed by atoms with Gasteiger partial charge in [0.25, 0.3) is 0 Å². The van der Waals surface area contributed by atoms with E-state index in [0.717, 1.165) is 6.54 Å². The molecule has 1 saturated heterocycles. The molecule has 0 N–H and O–H groups in total. The van der Waals surface area contributed by atoms with Gasteiger partial charge in [-0.2, -0.15) is 0 Å². The van der Waals surface area contributed by atoms with Gasteiger partial charge in [-0.3, -0.25) is 9.80 Å². The Morgan fingerprint density at radius 2 is 1.82 bits per heavy atom. The molecule has 1 aliphatic rings. The monoisotopic (exact) mass is 316 g/mol. The Morgan fingerprint density at radius 3 is 2.29 bits per heavy atom. The number of piperazine rings is 1. The van der Waals surface area contributed by atoms with Gasteiger partial charge in [-0.15, -0.1) is 11.3 Å². The van der Waals surface area contributed by atoms with Gasteiger partial charge in [-0.1, -0.05) is 0 Å². The summed E-state index contributed by atoms with van der Waals surface area (Å²) in [6.07, 6.45) is 0. The van der Waals surface area contributed by atoms with E-state index < -0.39 is 0 Å². The van der Waals surface area contributed by atoms with Gasteiger partial charge in [0.2, 0.25) is 0 Å². The first-order chi connectivity index (χ1) is 7.95. The van der Waals surface area contributed by atoms with Crippen molar-refractivity contribution in [2.24, 2.45) is 0 Å². The van der Waals surface area contributed by atoms with Crippen LogP contribution in [0.25, 0.3) is 0 Å². The molecule has 4 heteroatoms. The van der Waals surface area contributed by atoms with Gasteiger partial charge in [0.05, 0.1) is 3.79 Å². The zero-order chi connectivity index (χ0) is 12.5. The summed E-state index contributed by atoms with van der Waals surface area (Å²) in [4.78, 5) is 6.59. The van der Waals surface area contributed by atoms with Gasteiger partial charge in [0.1, 0.15) is 0 Å². The van der Waals surface area contributed by atoms with Crippen LogP contribution in [0.1, 0.15) is 25.6 Å². The summed E-state index contributed by atoms with van der Waals surface area (Å²) in [5.41, 5.74) is 0.318. The van der Waals surface area contributed by atoms with Gasteiger partial charge in [-0.05, 0) is 48.8 Å². The van der Waals surface area contributed by atoms with E-state index in [-0.39, 0.29) is 0 Å². The zero-order valence-corrected chi connectivity index (χ0v) is 13.3. The molecule has 0 aliphatic carbocycles. The van der Waals surface area contributed by atoms with Gasteiger partial charge in [0.15, 0.2) is 0 Å². The van der Waals surface area contributed by atoms with Crippen LogP contribution in [-0.4, -0.2) is 41.5 Å². The summed E-state index contributed by atoms with van der Waals surface area (Å²) >= 11 is 5.37. The smallest absolute Gasteiger partial charge is 0.0701 e. The summed E-state index contributed by atoms with van der Waals surface area (Å²) < 4.78 is 1.24. The molecule has 1 fully saturated rings. The van der Waals surface area contributed by atoms with Crippen molar-refractivity contribution in [2.45, 2.75) is 32.9 Å². The maximum absolute atomic E-state index is 3.52. The third-order valence-electron chi connectivity index (χ3n) is 3.33. The number of rotatable bonds is 2. The highest BCUT2D eigenvalue weighted by atomic mass is 79.9. The number of hydrogen-bond donors (Lipinski definition) is 0. The highest BCUT2D eigenvalue weighted by Gasteiger charge is 2.25. The molecule has 1 aliphatic heterocycles. The van der Waals surface area contributed by atoms with Crippen molar-refractivity contribution in [3.8, 4) is 0 Å². The van der Waals surface area contributed by atoms with Crippen LogP contribution in [0.15, 0.2) is 15.9 Å². The van der Waals surface area contributed by atoms with Crippen molar-refractivity contribution in [2.75, 3.05) is 26.2 Å². The van der Waals surface area contributed by atoms with E-state index in [9.17, 15) is 0 Å². The molecule has 0 radical (unpaired) electrons. The van der Waals surface area contributed by atoms with Crippen LogP contribution >= 0.6 is 27.3 Å². The maximum atomic E-state index is 3.52. The molecule has 2 rings (SSSR count). The Morgan fingerprint density at radius 1 is 1.18 bits per heavy atom. The van der Waals surface area contributed by atoms with Crippen LogP contribution in [0.2, 0.25) is 0 Å². The van der Waals surface area contributed by atoms with E-state index in [0.29, 0.717) is 5.54 Å². The minimum absolute atomic E-state index is 0.318. The number of halogens is 1. The van der Waals surface area contributed by atoms with Crippen molar-refractivity contribution in [1.82, 2.24) is 9.80 Å². The second-order valence-corrected chi connectivity index (χ2v) is 8.19.